The number of carbonyl (C=O) groups excluding carboxylic acids is 1. The predicted molar refractivity (Wildman–Crippen MR) is 82.6 cm³/mol. The first-order chi connectivity index (χ1) is 10.8. The van der Waals surface area contributed by atoms with E-state index >= 15 is 0 Å². The van der Waals surface area contributed by atoms with Crippen LogP contribution in [-0.2, 0) is 4.79 Å². The van der Waals surface area contributed by atoms with Crippen LogP contribution in [-0.4, -0.2) is 38.7 Å². The molecular formula is C15H20N6O. The van der Waals surface area contributed by atoms with Crippen molar-refractivity contribution in [2.45, 2.75) is 25.7 Å². The van der Waals surface area contributed by atoms with Crippen molar-refractivity contribution in [3.8, 4) is 5.82 Å². The normalized spacial score (nSPS) is 15.6. The number of piperidine rings is 1. The Hall–Kier alpha value is -2.28. The van der Waals surface area contributed by atoms with Gasteiger partial charge in [0, 0.05) is 6.42 Å². The van der Waals surface area contributed by atoms with E-state index in [1.807, 2.05) is 6.07 Å². The number of rotatable bonds is 5. The van der Waals surface area contributed by atoms with Crippen LogP contribution in [0.2, 0.25) is 0 Å². The molecule has 22 heavy (non-hydrogen) atoms. The lowest BCUT2D eigenvalue weighted by molar-refractivity contribution is -0.116. The highest BCUT2D eigenvalue weighted by molar-refractivity contribution is 5.90. The monoisotopic (exact) mass is 300 g/mol. The zero-order valence-corrected chi connectivity index (χ0v) is 12.4. The maximum Gasteiger partial charge on any atom is 0.224 e. The molecule has 2 aromatic heterocycles. The lowest BCUT2D eigenvalue weighted by Crippen LogP contribution is -2.28. The molecule has 3 heterocycles. The Labute approximate surface area is 129 Å². The molecule has 2 aromatic rings. The zero-order valence-electron chi connectivity index (χ0n) is 12.4. The van der Waals surface area contributed by atoms with Crippen LogP contribution < -0.4 is 10.6 Å². The summed E-state index contributed by atoms with van der Waals surface area (Å²) in [5.74, 6) is 1.39. The van der Waals surface area contributed by atoms with Crippen molar-refractivity contribution >= 4 is 11.6 Å². The van der Waals surface area contributed by atoms with Gasteiger partial charge in [-0.15, -0.1) is 0 Å². The number of hydrogen-bond acceptors (Lipinski definition) is 5. The summed E-state index contributed by atoms with van der Waals surface area (Å²) >= 11 is 0. The first-order valence-corrected chi connectivity index (χ1v) is 7.63. The van der Waals surface area contributed by atoms with E-state index in [0.29, 0.717) is 23.8 Å². The molecule has 1 saturated heterocycles. The largest absolute Gasteiger partial charge is 0.325 e. The summed E-state index contributed by atoms with van der Waals surface area (Å²) < 4.78 is 1.57. The summed E-state index contributed by atoms with van der Waals surface area (Å²) in [4.78, 5) is 20.1. The van der Waals surface area contributed by atoms with Gasteiger partial charge in [0.2, 0.25) is 5.91 Å². The second-order valence-corrected chi connectivity index (χ2v) is 5.53. The van der Waals surface area contributed by atoms with Crippen LogP contribution in [0.4, 0.5) is 5.69 Å². The van der Waals surface area contributed by atoms with Crippen molar-refractivity contribution in [2.24, 2.45) is 5.92 Å². The SMILES string of the molecule is O=C(CCC1CCNCC1)Nc1ccc(-n2cncn2)nc1. The Morgan fingerprint density at radius 2 is 2.23 bits per heavy atom. The third-order valence-electron chi connectivity index (χ3n) is 3.92. The fourth-order valence-electron chi connectivity index (χ4n) is 2.65. The van der Waals surface area contributed by atoms with Gasteiger partial charge in [0.15, 0.2) is 5.82 Å². The molecule has 0 atom stereocenters. The Morgan fingerprint density at radius 3 is 2.91 bits per heavy atom. The van der Waals surface area contributed by atoms with E-state index in [9.17, 15) is 4.79 Å². The second kappa shape index (κ2) is 7.13. The number of aromatic nitrogens is 4. The summed E-state index contributed by atoms with van der Waals surface area (Å²) in [6.07, 6.45) is 8.54. The van der Waals surface area contributed by atoms with Crippen LogP contribution in [0.3, 0.4) is 0 Å². The number of nitrogens with one attached hydrogen (secondary N) is 2. The van der Waals surface area contributed by atoms with E-state index in [0.717, 1.165) is 19.5 Å². The standard InChI is InChI=1S/C15H20N6O/c22-15(4-1-12-5-7-16-8-6-12)20-13-2-3-14(18-9-13)21-11-17-10-19-21/h2-3,9-12,16H,1,4-8H2,(H,20,22). The lowest BCUT2D eigenvalue weighted by atomic mass is 9.93. The zero-order chi connectivity index (χ0) is 15.2. The molecule has 0 aromatic carbocycles. The van der Waals surface area contributed by atoms with Gasteiger partial charge in [-0.25, -0.2) is 14.6 Å². The summed E-state index contributed by atoms with van der Waals surface area (Å²) in [7, 11) is 0. The van der Waals surface area contributed by atoms with Crippen molar-refractivity contribution < 1.29 is 4.79 Å². The minimum Gasteiger partial charge on any atom is -0.325 e. The van der Waals surface area contributed by atoms with E-state index < -0.39 is 0 Å². The number of pyridine rings is 1. The fraction of sp³-hybridized carbons (Fsp3) is 0.467. The van der Waals surface area contributed by atoms with Gasteiger partial charge in [0.1, 0.15) is 12.7 Å². The summed E-state index contributed by atoms with van der Waals surface area (Å²) in [5.41, 5.74) is 0.708. The van der Waals surface area contributed by atoms with Crippen LogP contribution in [0.1, 0.15) is 25.7 Å². The quantitative estimate of drug-likeness (QED) is 0.871. The minimum absolute atomic E-state index is 0.0499. The Morgan fingerprint density at radius 1 is 1.36 bits per heavy atom. The van der Waals surface area contributed by atoms with Crippen molar-refractivity contribution in [3.05, 3.63) is 31.0 Å². The highest BCUT2D eigenvalue weighted by Gasteiger charge is 2.14. The number of anilines is 1. The van der Waals surface area contributed by atoms with E-state index in [1.165, 1.54) is 19.2 Å². The summed E-state index contributed by atoms with van der Waals surface area (Å²) in [6, 6.07) is 3.63. The molecule has 1 amide bonds. The molecule has 0 bridgehead atoms. The van der Waals surface area contributed by atoms with Gasteiger partial charge in [-0.3, -0.25) is 4.79 Å². The topological polar surface area (TPSA) is 84.7 Å². The number of hydrogen-bond donors (Lipinski definition) is 2. The molecule has 1 aliphatic heterocycles. The maximum absolute atomic E-state index is 12.0. The molecule has 116 valence electrons. The van der Waals surface area contributed by atoms with Crippen LogP contribution in [0.5, 0.6) is 0 Å². The third-order valence-corrected chi connectivity index (χ3v) is 3.92. The van der Waals surface area contributed by atoms with Gasteiger partial charge < -0.3 is 10.6 Å². The lowest BCUT2D eigenvalue weighted by Gasteiger charge is -2.22. The van der Waals surface area contributed by atoms with Crippen LogP contribution >= 0.6 is 0 Å². The number of carbonyl (C=O) groups is 1. The molecule has 3 rings (SSSR count). The maximum atomic E-state index is 12.0. The average Bonchev–Trinajstić information content (AvgIpc) is 3.09. The smallest absolute Gasteiger partial charge is 0.224 e. The average molecular weight is 300 g/mol. The highest BCUT2D eigenvalue weighted by Crippen LogP contribution is 2.18. The van der Waals surface area contributed by atoms with Crippen molar-refractivity contribution in [1.82, 2.24) is 25.1 Å². The van der Waals surface area contributed by atoms with Crippen molar-refractivity contribution in [3.63, 3.8) is 0 Å². The van der Waals surface area contributed by atoms with Crippen molar-refractivity contribution in [2.75, 3.05) is 18.4 Å². The first kappa shape index (κ1) is 14.6. The Bertz CT molecular complexity index is 589. The third kappa shape index (κ3) is 3.88. The first-order valence-electron chi connectivity index (χ1n) is 7.63. The summed E-state index contributed by atoms with van der Waals surface area (Å²) in [6.45, 7) is 2.14. The minimum atomic E-state index is 0.0499. The van der Waals surface area contributed by atoms with Gasteiger partial charge in [-0.1, -0.05) is 0 Å². The van der Waals surface area contributed by atoms with E-state index in [-0.39, 0.29) is 5.91 Å². The molecule has 0 radical (unpaired) electrons. The Kier molecular flexibility index (Phi) is 4.75. The fourth-order valence-corrected chi connectivity index (χ4v) is 2.65. The molecule has 1 aliphatic rings. The highest BCUT2D eigenvalue weighted by atomic mass is 16.1. The molecule has 0 saturated carbocycles. The molecule has 0 aliphatic carbocycles. The van der Waals surface area contributed by atoms with Gasteiger partial charge in [0.05, 0.1) is 11.9 Å². The molecule has 7 nitrogen and oxygen atoms in total. The summed E-state index contributed by atoms with van der Waals surface area (Å²) in [5, 5.41) is 10.2. The van der Waals surface area contributed by atoms with E-state index in [4.69, 9.17) is 0 Å². The van der Waals surface area contributed by atoms with Crippen molar-refractivity contribution in [1.29, 1.82) is 0 Å². The molecule has 0 unspecified atom stereocenters. The van der Waals surface area contributed by atoms with Crippen LogP contribution in [0.15, 0.2) is 31.0 Å². The molecular weight excluding hydrogens is 280 g/mol. The molecule has 1 fully saturated rings. The van der Waals surface area contributed by atoms with Gasteiger partial charge in [-0.2, -0.15) is 5.10 Å². The second-order valence-electron chi connectivity index (χ2n) is 5.53. The molecule has 0 spiro atoms. The van der Waals surface area contributed by atoms with Crippen LogP contribution in [0, 0.1) is 5.92 Å². The molecule has 2 N–H and O–H groups in total. The van der Waals surface area contributed by atoms with Gasteiger partial charge >= 0.3 is 0 Å². The van der Waals surface area contributed by atoms with Gasteiger partial charge in [0.25, 0.3) is 0 Å². The number of nitrogens with zero attached hydrogens (tertiary/aromatic N) is 4. The number of amides is 1. The van der Waals surface area contributed by atoms with Crippen LogP contribution in [0.25, 0.3) is 5.82 Å². The van der Waals surface area contributed by atoms with E-state index in [1.54, 1.807) is 23.3 Å². The van der Waals surface area contributed by atoms with E-state index in [2.05, 4.69) is 25.7 Å². The van der Waals surface area contributed by atoms with Gasteiger partial charge in [-0.05, 0) is 50.4 Å². The Balaban J connectivity index is 1.48. The predicted octanol–water partition coefficient (Wildman–Crippen LogP) is 1.38. The molecule has 7 heteroatoms.